The van der Waals surface area contributed by atoms with Crippen molar-refractivity contribution in [2.45, 2.75) is 25.7 Å². The van der Waals surface area contributed by atoms with Crippen LogP contribution in [-0.2, 0) is 4.79 Å². The van der Waals surface area contributed by atoms with Crippen molar-refractivity contribution in [3.05, 3.63) is 66.2 Å². The maximum atomic E-state index is 12.7. The molecule has 1 aliphatic rings. The highest BCUT2D eigenvalue weighted by atomic mass is 16.1. The molecule has 0 aliphatic carbocycles. The fraction of sp³-hybridized carbons (Fsp3) is 0.381. The molecular weight excluding hydrogens is 296 g/mol. The molecule has 0 aromatic heterocycles. The minimum Gasteiger partial charge on any atom is -0.372 e. The Hall–Kier alpha value is -2.29. The molecule has 1 heterocycles. The van der Waals surface area contributed by atoms with E-state index in [-0.39, 0.29) is 11.8 Å². The molecule has 24 heavy (non-hydrogen) atoms. The number of carbonyl (C=O) groups excluding carboxylic acids is 1. The highest BCUT2D eigenvalue weighted by Crippen LogP contribution is 2.34. The first-order valence-corrected chi connectivity index (χ1v) is 8.92. The van der Waals surface area contributed by atoms with Crippen LogP contribution >= 0.6 is 0 Å². The van der Waals surface area contributed by atoms with Crippen LogP contribution in [0.5, 0.6) is 0 Å². The van der Waals surface area contributed by atoms with E-state index in [9.17, 15) is 4.79 Å². The summed E-state index contributed by atoms with van der Waals surface area (Å²) in [7, 11) is 0. The van der Waals surface area contributed by atoms with E-state index in [1.807, 2.05) is 25.1 Å². The zero-order chi connectivity index (χ0) is 16.8. The third kappa shape index (κ3) is 3.78. The lowest BCUT2D eigenvalue weighted by Gasteiger charge is -2.37. The number of anilines is 1. The van der Waals surface area contributed by atoms with Gasteiger partial charge in [-0.1, -0.05) is 48.5 Å². The molecule has 1 unspecified atom stereocenters. The van der Waals surface area contributed by atoms with Gasteiger partial charge in [0.2, 0.25) is 5.91 Å². The molecule has 2 aromatic carbocycles. The van der Waals surface area contributed by atoms with Gasteiger partial charge in [0.05, 0.1) is 5.92 Å². The lowest BCUT2D eigenvalue weighted by Crippen LogP contribution is -2.40. The Morgan fingerprint density at radius 2 is 1.62 bits per heavy atom. The Morgan fingerprint density at radius 3 is 2.21 bits per heavy atom. The van der Waals surface area contributed by atoms with Gasteiger partial charge in [-0.15, -0.1) is 0 Å². The molecule has 1 saturated heterocycles. The predicted molar refractivity (Wildman–Crippen MR) is 99.2 cm³/mol. The average molecular weight is 322 g/mol. The Morgan fingerprint density at radius 1 is 1.04 bits per heavy atom. The van der Waals surface area contributed by atoms with Gasteiger partial charge in [0.25, 0.3) is 0 Å². The van der Waals surface area contributed by atoms with E-state index >= 15 is 0 Å². The van der Waals surface area contributed by atoms with E-state index < -0.39 is 0 Å². The van der Waals surface area contributed by atoms with Gasteiger partial charge in [0, 0.05) is 25.3 Å². The molecule has 1 N–H and O–H groups in total. The molecule has 3 rings (SSSR count). The monoisotopic (exact) mass is 322 g/mol. The first-order chi connectivity index (χ1) is 11.8. The number of amides is 1. The number of hydrogen-bond acceptors (Lipinski definition) is 2. The summed E-state index contributed by atoms with van der Waals surface area (Å²) in [6, 6.07) is 20.8. The highest BCUT2D eigenvalue weighted by molar-refractivity contribution is 5.84. The SMILES string of the molecule is CCNC(=O)C(c1ccccc1)C1CCN(c2ccccc2)CC1. The summed E-state index contributed by atoms with van der Waals surface area (Å²) >= 11 is 0. The van der Waals surface area contributed by atoms with Crippen molar-refractivity contribution < 1.29 is 4.79 Å². The number of nitrogens with one attached hydrogen (secondary N) is 1. The number of nitrogens with zero attached hydrogens (tertiary/aromatic N) is 1. The summed E-state index contributed by atoms with van der Waals surface area (Å²) in [4.78, 5) is 15.1. The largest absolute Gasteiger partial charge is 0.372 e. The summed E-state index contributed by atoms with van der Waals surface area (Å²) in [5.41, 5.74) is 2.42. The fourth-order valence-corrected chi connectivity index (χ4v) is 3.71. The summed E-state index contributed by atoms with van der Waals surface area (Å²) in [5.74, 6) is 0.532. The number of benzene rings is 2. The maximum Gasteiger partial charge on any atom is 0.227 e. The quantitative estimate of drug-likeness (QED) is 0.907. The molecule has 0 radical (unpaired) electrons. The zero-order valence-corrected chi connectivity index (χ0v) is 14.3. The Balaban J connectivity index is 1.72. The van der Waals surface area contributed by atoms with Crippen LogP contribution in [-0.4, -0.2) is 25.5 Å². The molecule has 126 valence electrons. The average Bonchev–Trinajstić information content (AvgIpc) is 2.64. The second-order valence-electron chi connectivity index (χ2n) is 6.44. The van der Waals surface area contributed by atoms with Crippen molar-refractivity contribution in [2.75, 3.05) is 24.5 Å². The van der Waals surface area contributed by atoms with Crippen LogP contribution in [0.4, 0.5) is 5.69 Å². The van der Waals surface area contributed by atoms with Gasteiger partial charge < -0.3 is 10.2 Å². The summed E-state index contributed by atoms with van der Waals surface area (Å²) in [6.45, 7) is 4.69. The lowest BCUT2D eigenvalue weighted by molar-refractivity contribution is -0.123. The van der Waals surface area contributed by atoms with E-state index in [1.165, 1.54) is 5.69 Å². The van der Waals surface area contributed by atoms with Gasteiger partial charge >= 0.3 is 0 Å². The third-order valence-electron chi connectivity index (χ3n) is 4.92. The topological polar surface area (TPSA) is 32.3 Å². The number of likely N-dealkylation sites (N-methyl/N-ethyl adjacent to an activating group) is 1. The number of carbonyl (C=O) groups is 1. The molecule has 1 fully saturated rings. The van der Waals surface area contributed by atoms with Crippen molar-refractivity contribution in [1.82, 2.24) is 5.32 Å². The van der Waals surface area contributed by atoms with Gasteiger partial charge in [0.15, 0.2) is 0 Å². The van der Waals surface area contributed by atoms with Gasteiger partial charge in [-0.05, 0) is 43.4 Å². The lowest BCUT2D eigenvalue weighted by atomic mass is 9.79. The molecular formula is C21H26N2O. The van der Waals surface area contributed by atoms with Crippen LogP contribution in [0.15, 0.2) is 60.7 Å². The zero-order valence-electron chi connectivity index (χ0n) is 14.3. The van der Waals surface area contributed by atoms with E-state index in [2.05, 4.69) is 52.7 Å². The molecule has 0 saturated carbocycles. The first kappa shape index (κ1) is 16.6. The van der Waals surface area contributed by atoms with Gasteiger partial charge in [-0.2, -0.15) is 0 Å². The van der Waals surface area contributed by atoms with Crippen molar-refractivity contribution in [1.29, 1.82) is 0 Å². The van der Waals surface area contributed by atoms with Crippen molar-refractivity contribution in [3.8, 4) is 0 Å². The third-order valence-corrected chi connectivity index (χ3v) is 4.92. The van der Waals surface area contributed by atoms with E-state index in [1.54, 1.807) is 0 Å². The second-order valence-corrected chi connectivity index (χ2v) is 6.44. The van der Waals surface area contributed by atoms with Crippen LogP contribution in [0.1, 0.15) is 31.2 Å². The van der Waals surface area contributed by atoms with Gasteiger partial charge in [0.1, 0.15) is 0 Å². The molecule has 3 heteroatoms. The maximum absolute atomic E-state index is 12.7. The standard InChI is InChI=1S/C21H26N2O/c1-2-22-21(24)20(17-9-5-3-6-10-17)18-13-15-23(16-14-18)19-11-7-4-8-12-19/h3-12,18,20H,2,13-16H2,1H3,(H,22,24). The Bertz CT molecular complexity index is 633. The number of para-hydroxylation sites is 1. The van der Waals surface area contributed by atoms with Crippen molar-refractivity contribution in [3.63, 3.8) is 0 Å². The molecule has 0 spiro atoms. The van der Waals surface area contributed by atoms with Crippen LogP contribution in [0.25, 0.3) is 0 Å². The van der Waals surface area contributed by atoms with Crippen molar-refractivity contribution >= 4 is 11.6 Å². The normalized spacial score (nSPS) is 16.6. The van der Waals surface area contributed by atoms with Crippen molar-refractivity contribution in [2.24, 2.45) is 5.92 Å². The minimum atomic E-state index is -0.0379. The first-order valence-electron chi connectivity index (χ1n) is 8.92. The second kappa shape index (κ2) is 8.00. The summed E-state index contributed by atoms with van der Waals surface area (Å²) < 4.78 is 0. The van der Waals surface area contributed by atoms with Gasteiger partial charge in [-0.3, -0.25) is 4.79 Å². The van der Waals surface area contributed by atoms with E-state index in [0.29, 0.717) is 12.5 Å². The predicted octanol–water partition coefficient (Wildman–Crippen LogP) is 3.82. The summed E-state index contributed by atoms with van der Waals surface area (Å²) in [6.07, 6.45) is 2.09. The fourth-order valence-electron chi connectivity index (χ4n) is 3.71. The molecule has 1 aliphatic heterocycles. The molecule has 1 amide bonds. The Labute approximate surface area is 144 Å². The molecule has 0 bridgehead atoms. The van der Waals surface area contributed by atoms with Crippen LogP contribution < -0.4 is 10.2 Å². The molecule has 1 atom stereocenters. The number of hydrogen-bond donors (Lipinski definition) is 1. The smallest absolute Gasteiger partial charge is 0.227 e. The Kier molecular flexibility index (Phi) is 5.52. The molecule has 3 nitrogen and oxygen atoms in total. The number of rotatable bonds is 5. The van der Waals surface area contributed by atoms with Crippen LogP contribution in [0.2, 0.25) is 0 Å². The van der Waals surface area contributed by atoms with Crippen LogP contribution in [0, 0.1) is 5.92 Å². The highest BCUT2D eigenvalue weighted by Gasteiger charge is 2.32. The van der Waals surface area contributed by atoms with E-state index in [0.717, 1.165) is 31.5 Å². The summed E-state index contributed by atoms with van der Waals surface area (Å²) in [5, 5.41) is 3.03. The van der Waals surface area contributed by atoms with Crippen LogP contribution in [0.3, 0.4) is 0 Å². The minimum absolute atomic E-state index is 0.0379. The number of piperidine rings is 1. The van der Waals surface area contributed by atoms with Gasteiger partial charge in [-0.25, -0.2) is 0 Å². The van der Waals surface area contributed by atoms with E-state index in [4.69, 9.17) is 0 Å². The molecule has 2 aromatic rings.